The maximum atomic E-state index is 13.6. The molecular weight excluding hydrogens is 326 g/mol. The Kier molecular flexibility index (Phi) is 4.88. The fourth-order valence-electron chi connectivity index (χ4n) is 2.56. The van der Waals surface area contributed by atoms with Crippen molar-refractivity contribution in [2.45, 2.75) is 13.3 Å². The molecule has 0 aliphatic carbocycles. The zero-order valence-corrected chi connectivity index (χ0v) is 13.6. The summed E-state index contributed by atoms with van der Waals surface area (Å²) in [5, 5.41) is 6.56. The summed E-state index contributed by atoms with van der Waals surface area (Å²) >= 11 is 0. The molecule has 0 saturated carbocycles. The summed E-state index contributed by atoms with van der Waals surface area (Å²) in [6, 6.07) is 12.4. The number of halogens is 2. The number of rotatable bonds is 5. The van der Waals surface area contributed by atoms with E-state index in [0.29, 0.717) is 17.0 Å². The van der Waals surface area contributed by atoms with E-state index < -0.39 is 11.6 Å². The molecule has 0 saturated heterocycles. The third-order valence-electron chi connectivity index (χ3n) is 3.81. The molecule has 3 aromatic rings. The molecule has 0 aliphatic heterocycles. The second-order valence-electron chi connectivity index (χ2n) is 5.58. The maximum absolute atomic E-state index is 13.6. The molecule has 1 aromatic heterocycles. The lowest BCUT2D eigenvalue weighted by Gasteiger charge is -2.07. The van der Waals surface area contributed by atoms with E-state index in [2.05, 4.69) is 10.5 Å². The van der Waals surface area contributed by atoms with Gasteiger partial charge in [0.15, 0.2) is 5.76 Å². The molecule has 3 rings (SSSR count). The molecule has 1 N–H and O–H groups in total. The topological polar surface area (TPSA) is 55.1 Å². The van der Waals surface area contributed by atoms with Crippen molar-refractivity contribution in [2.24, 2.45) is 0 Å². The van der Waals surface area contributed by atoms with Gasteiger partial charge in [-0.1, -0.05) is 35.5 Å². The number of benzene rings is 2. The molecule has 0 radical (unpaired) electrons. The summed E-state index contributed by atoms with van der Waals surface area (Å²) < 4.78 is 32.1. The van der Waals surface area contributed by atoms with Gasteiger partial charge in [0.25, 0.3) is 5.91 Å². The van der Waals surface area contributed by atoms with Crippen molar-refractivity contribution in [3.05, 3.63) is 77.0 Å². The number of carbonyl (C=O) groups excluding carboxylic acids is 1. The van der Waals surface area contributed by atoms with E-state index in [1.54, 1.807) is 6.92 Å². The first-order valence-electron chi connectivity index (χ1n) is 7.80. The Morgan fingerprint density at radius 3 is 2.68 bits per heavy atom. The molecule has 25 heavy (non-hydrogen) atoms. The van der Waals surface area contributed by atoms with Gasteiger partial charge in [0.1, 0.15) is 17.2 Å². The van der Waals surface area contributed by atoms with Crippen LogP contribution in [0, 0.1) is 18.6 Å². The average molecular weight is 342 g/mol. The number of aromatic nitrogens is 1. The second kappa shape index (κ2) is 7.25. The van der Waals surface area contributed by atoms with Crippen molar-refractivity contribution in [1.82, 2.24) is 10.5 Å². The van der Waals surface area contributed by atoms with E-state index in [4.69, 9.17) is 4.52 Å². The highest BCUT2D eigenvalue weighted by molar-refractivity contribution is 6.00. The molecule has 2 aromatic carbocycles. The van der Waals surface area contributed by atoms with Crippen LogP contribution in [0.25, 0.3) is 11.3 Å². The van der Waals surface area contributed by atoms with Crippen LogP contribution >= 0.6 is 0 Å². The Labute approximate surface area is 143 Å². The van der Waals surface area contributed by atoms with Gasteiger partial charge in [0, 0.05) is 12.1 Å². The van der Waals surface area contributed by atoms with E-state index in [1.165, 1.54) is 0 Å². The van der Waals surface area contributed by atoms with Crippen LogP contribution in [0.2, 0.25) is 0 Å². The number of aryl methyl sites for hydroxylation is 1. The molecule has 1 amide bonds. The minimum atomic E-state index is -0.510. The molecule has 0 spiro atoms. The van der Waals surface area contributed by atoms with Crippen LogP contribution in [0.4, 0.5) is 8.78 Å². The lowest BCUT2D eigenvalue weighted by atomic mass is 10.1. The Balaban J connectivity index is 1.72. The number of carbonyl (C=O) groups is 1. The van der Waals surface area contributed by atoms with Crippen LogP contribution in [0.5, 0.6) is 0 Å². The predicted molar refractivity (Wildman–Crippen MR) is 89.1 cm³/mol. The van der Waals surface area contributed by atoms with Gasteiger partial charge in [-0.05, 0) is 37.1 Å². The third kappa shape index (κ3) is 3.74. The standard InChI is InChI=1S/C19H16F2N2O2/c1-12-17(18(25-23-12)13-5-3-2-4-6-13)19(24)22-10-9-14-11-15(20)7-8-16(14)21/h2-8,11H,9-10H2,1H3,(H,22,24). The van der Waals surface area contributed by atoms with Gasteiger partial charge in [-0.15, -0.1) is 0 Å². The Morgan fingerprint density at radius 1 is 1.16 bits per heavy atom. The Bertz CT molecular complexity index is 892. The van der Waals surface area contributed by atoms with E-state index in [1.807, 2.05) is 30.3 Å². The fraction of sp³-hybridized carbons (Fsp3) is 0.158. The van der Waals surface area contributed by atoms with Crippen LogP contribution in [-0.4, -0.2) is 17.6 Å². The van der Waals surface area contributed by atoms with Crippen LogP contribution in [0.1, 0.15) is 21.6 Å². The van der Waals surface area contributed by atoms with E-state index in [0.717, 1.165) is 23.8 Å². The first kappa shape index (κ1) is 16.8. The van der Waals surface area contributed by atoms with Crippen molar-refractivity contribution in [1.29, 1.82) is 0 Å². The second-order valence-corrected chi connectivity index (χ2v) is 5.58. The van der Waals surface area contributed by atoms with E-state index >= 15 is 0 Å². The molecule has 0 bridgehead atoms. The van der Waals surface area contributed by atoms with Crippen LogP contribution in [-0.2, 0) is 6.42 Å². The molecule has 0 atom stereocenters. The minimum absolute atomic E-state index is 0.165. The van der Waals surface area contributed by atoms with Crippen LogP contribution < -0.4 is 5.32 Å². The Hall–Kier alpha value is -3.02. The fourth-order valence-corrected chi connectivity index (χ4v) is 2.56. The number of hydrogen-bond acceptors (Lipinski definition) is 3. The zero-order valence-electron chi connectivity index (χ0n) is 13.6. The number of amides is 1. The summed E-state index contributed by atoms with van der Waals surface area (Å²) in [6.07, 6.45) is 0.181. The molecule has 128 valence electrons. The van der Waals surface area contributed by atoms with Crippen molar-refractivity contribution in [3.8, 4) is 11.3 Å². The van der Waals surface area contributed by atoms with Crippen molar-refractivity contribution in [3.63, 3.8) is 0 Å². The molecule has 1 heterocycles. The molecular formula is C19H16F2N2O2. The zero-order chi connectivity index (χ0) is 17.8. The predicted octanol–water partition coefficient (Wildman–Crippen LogP) is 3.90. The van der Waals surface area contributed by atoms with Crippen LogP contribution in [0.15, 0.2) is 53.1 Å². The summed E-state index contributed by atoms with van der Waals surface area (Å²) in [5.74, 6) is -0.993. The largest absolute Gasteiger partial charge is 0.355 e. The SMILES string of the molecule is Cc1noc(-c2ccccc2)c1C(=O)NCCc1cc(F)ccc1F. The maximum Gasteiger partial charge on any atom is 0.257 e. The summed E-state index contributed by atoms with van der Waals surface area (Å²) in [4.78, 5) is 12.5. The molecule has 6 heteroatoms. The van der Waals surface area contributed by atoms with Crippen molar-refractivity contribution in [2.75, 3.05) is 6.54 Å². The van der Waals surface area contributed by atoms with Crippen LogP contribution in [0.3, 0.4) is 0 Å². The number of nitrogens with zero attached hydrogens (tertiary/aromatic N) is 1. The summed E-state index contributed by atoms with van der Waals surface area (Å²) in [7, 11) is 0. The highest BCUT2D eigenvalue weighted by atomic mass is 19.1. The molecule has 0 unspecified atom stereocenters. The summed E-state index contributed by atoms with van der Waals surface area (Å²) in [6.45, 7) is 1.84. The lowest BCUT2D eigenvalue weighted by molar-refractivity contribution is 0.0953. The number of nitrogens with one attached hydrogen (secondary N) is 1. The third-order valence-corrected chi connectivity index (χ3v) is 3.81. The van der Waals surface area contributed by atoms with Crippen molar-refractivity contribution >= 4 is 5.91 Å². The highest BCUT2D eigenvalue weighted by Crippen LogP contribution is 2.25. The van der Waals surface area contributed by atoms with Gasteiger partial charge >= 0.3 is 0 Å². The average Bonchev–Trinajstić information content (AvgIpc) is 3.00. The molecule has 4 nitrogen and oxygen atoms in total. The van der Waals surface area contributed by atoms with Gasteiger partial charge in [0.05, 0.1) is 5.69 Å². The van der Waals surface area contributed by atoms with Gasteiger partial charge in [0.2, 0.25) is 0 Å². The smallest absolute Gasteiger partial charge is 0.257 e. The van der Waals surface area contributed by atoms with E-state index in [9.17, 15) is 13.6 Å². The Morgan fingerprint density at radius 2 is 1.92 bits per heavy atom. The van der Waals surface area contributed by atoms with Gasteiger partial charge < -0.3 is 9.84 Å². The van der Waals surface area contributed by atoms with Gasteiger partial charge in [-0.25, -0.2) is 8.78 Å². The first-order valence-corrected chi connectivity index (χ1v) is 7.80. The lowest BCUT2D eigenvalue weighted by Crippen LogP contribution is -2.26. The summed E-state index contributed by atoms with van der Waals surface area (Å²) in [5.41, 5.74) is 1.76. The number of hydrogen-bond donors (Lipinski definition) is 1. The van der Waals surface area contributed by atoms with Gasteiger partial charge in [-0.3, -0.25) is 4.79 Å². The highest BCUT2D eigenvalue weighted by Gasteiger charge is 2.21. The van der Waals surface area contributed by atoms with Gasteiger partial charge in [-0.2, -0.15) is 0 Å². The normalized spacial score (nSPS) is 10.7. The molecule has 0 aliphatic rings. The quantitative estimate of drug-likeness (QED) is 0.765. The van der Waals surface area contributed by atoms with E-state index in [-0.39, 0.29) is 24.4 Å². The first-order chi connectivity index (χ1) is 12.1. The van der Waals surface area contributed by atoms with Crippen molar-refractivity contribution < 1.29 is 18.1 Å². The minimum Gasteiger partial charge on any atom is -0.355 e. The molecule has 0 fully saturated rings. The monoisotopic (exact) mass is 342 g/mol.